The Morgan fingerprint density at radius 1 is 0.882 bits per heavy atom. The molecule has 0 fully saturated rings. The van der Waals surface area contributed by atoms with Gasteiger partial charge in [0.1, 0.15) is 17.1 Å². The van der Waals surface area contributed by atoms with Gasteiger partial charge in [-0.05, 0) is 12.1 Å². The average Bonchev–Trinajstić information content (AvgIpc) is 2.31. The predicted molar refractivity (Wildman–Crippen MR) is 63.2 cm³/mol. The van der Waals surface area contributed by atoms with E-state index in [1.165, 1.54) is 6.07 Å². The molecule has 0 aromatic heterocycles. The number of rotatable bonds is 1. The lowest BCUT2D eigenvalue weighted by atomic mass is 10.2. The van der Waals surface area contributed by atoms with Crippen molar-refractivity contribution < 1.29 is 20.1 Å². The second kappa shape index (κ2) is 6.17. The summed E-state index contributed by atoms with van der Waals surface area (Å²) in [6.07, 6.45) is 0. The first-order valence-electron chi connectivity index (χ1n) is 4.86. The number of aromatic hydroxyl groups is 2. The van der Waals surface area contributed by atoms with Gasteiger partial charge in [-0.15, -0.1) is 0 Å². The highest BCUT2D eigenvalue weighted by Crippen LogP contribution is 2.21. The lowest BCUT2D eigenvalue weighted by Crippen LogP contribution is -1.95. The van der Waals surface area contributed by atoms with E-state index in [1.54, 1.807) is 0 Å². The van der Waals surface area contributed by atoms with E-state index in [0.717, 1.165) is 12.1 Å². The second-order valence-electron chi connectivity index (χ2n) is 3.16. The summed E-state index contributed by atoms with van der Waals surface area (Å²) in [7, 11) is 0. The first-order valence-corrected chi connectivity index (χ1v) is 4.86. The summed E-state index contributed by atoms with van der Waals surface area (Å²) in [6.45, 7) is 0. The zero-order valence-corrected chi connectivity index (χ0v) is 8.95. The van der Waals surface area contributed by atoms with Crippen LogP contribution in [-0.4, -0.2) is 21.3 Å². The number of carboxylic acids is 1. The van der Waals surface area contributed by atoms with E-state index in [2.05, 4.69) is 0 Å². The highest BCUT2D eigenvalue weighted by atomic mass is 16.4. The molecule has 0 bridgehead atoms. The lowest BCUT2D eigenvalue weighted by Gasteiger charge is -1.97. The minimum absolute atomic E-state index is 0.160. The van der Waals surface area contributed by atoms with Crippen LogP contribution < -0.4 is 0 Å². The number of phenols is 2. The zero-order chi connectivity index (χ0) is 12.7. The fourth-order valence-corrected chi connectivity index (χ4v) is 1.09. The summed E-state index contributed by atoms with van der Waals surface area (Å²) in [6, 6.07) is 15.3. The van der Waals surface area contributed by atoms with Crippen molar-refractivity contribution in [1.82, 2.24) is 0 Å². The van der Waals surface area contributed by atoms with Gasteiger partial charge < -0.3 is 15.3 Å². The standard InChI is InChI=1S/C7H6O4.C6H6/c8-4-1-2-5(7(10)11)6(9)3-4;1-2-4-6-5-3-1/h1-3,8-9H,(H,10,11);1-6H. The molecule has 0 saturated carbocycles. The minimum atomic E-state index is -1.22. The Morgan fingerprint density at radius 2 is 1.35 bits per heavy atom. The van der Waals surface area contributed by atoms with Crippen LogP contribution in [0.4, 0.5) is 0 Å². The maximum absolute atomic E-state index is 10.3. The van der Waals surface area contributed by atoms with Crippen LogP contribution in [0.25, 0.3) is 0 Å². The quantitative estimate of drug-likeness (QED) is 0.705. The number of aromatic carboxylic acids is 1. The van der Waals surface area contributed by atoms with Crippen molar-refractivity contribution in [3.05, 3.63) is 60.2 Å². The Bertz CT molecular complexity index is 453. The van der Waals surface area contributed by atoms with Gasteiger partial charge in [-0.1, -0.05) is 36.4 Å². The molecule has 2 aromatic carbocycles. The van der Waals surface area contributed by atoms with E-state index >= 15 is 0 Å². The molecule has 2 rings (SSSR count). The van der Waals surface area contributed by atoms with Gasteiger partial charge in [0.05, 0.1) is 0 Å². The molecule has 4 nitrogen and oxygen atoms in total. The van der Waals surface area contributed by atoms with E-state index in [0.29, 0.717) is 0 Å². The topological polar surface area (TPSA) is 77.8 Å². The molecule has 0 heterocycles. The highest BCUT2D eigenvalue weighted by Gasteiger charge is 2.08. The van der Waals surface area contributed by atoms with E-state index in [9.17, 15) is 4.79 Å². The van der Waals surface area contributed by atoms with Crippen molar-refractivity contribution in [3.8, 4) is 11.5 Å². The molecule has 0 spiro atoms. The number of phenolic OH excluding ortho intramolecular Hbond substituents is 1. The van der Waals surface area contributed by atoms with Gasteiger partial charge in [0.2, 0.25) is 0 Å². The summed E-state index contributed by atoms with van der Waals surface area (Å²) < 4.78 is 0. The maximum atomic E-state index is 10.3. The van der Waals surface area contributed by atoms with Crippen LogP contribution in [0, 0.1) is 0 Å². The van der Waals surface area contributed by atoms with Gasteiger partial charge >= 0.3 is 5.97 Å². The molecule has 0 aliphatic carbocycles. The zero-order valence-electron chi connectivity index (χ0n) is 8.95. The molecule has 0 aliphatic heterocycles. The van der Waals surface area contributed by atoms with Crippen LogP contribution in [0.15, 0.2) is 54.6 Å². The van der Waals surface area contributed by atoms with Gasteiger partial charge in [0, 0.05) is 6.07 Å². The smallest absolute Gasteiger partial charge is 0.339 e. The Hall–Kier alpha value is -2.49. The van der Waals surface area contributed by atoms with Crippen LogP contribution in [0.5, 0.6) is 11.5 Å². The van der Waals surface area contributed by atoms with Gasteiger partial charge in [0.15, 0.2) is 0 Å². The van der Waals surface area contributed by atoms with Crippen LogP contribution in [0.2, 0.25) is 0 Å². The first-order chi connectivity index (χ1) is 8.11. The number of carboxylic acid groups (broad SMARTS) is 1. The molecule has 4 heteroatoms. The van der Waals surface area contributed by atoms with Gasteiger partial charge in [-0.25, -0.2) is 4.79 Å². The third-order valence-electron chi connectivity index (χ3n) is 1.88. The van der Waals surface area contributed by atoms with E-state index in [-0.39, 0.29) is 11.3 Å². The number of hydrogen-bond acceptors (Lipinski definition) is 3. The molecule has 0 unspecified atom stereocenters. The van der Waals surface area contributed by atoms with Crippen molar-refractivity contribution in [2.75, 3.05) is 0 Å². The van der Waals surface area contributed by atoms with Gasteiger partial charge in [-0.3, -0.25) is 0 Å². The van der Waals surface area contributed by atoms with Crippen LogP contribution in [0.3, 0.4) is 0 Å². The molecule has 17 heavy (non-hydrogen) atoms. The molecular weight excluding hydrogens is 220 g/mol. The molecule has 0 saturated heterocycles. The third kappa shape index (κ3) is 4.25. The predicted octanol–water partition coefficient (Wildman–Crippen LogP) is 2.48. The fourth-order valence-electron chi connectivity index (χ4n) is 1.09. The Kier molecular flexibility index (Phi) is 4.57. The average molecular weight is 232 g/mol. The summed E-state index contributed by atoms with van der Waals surface area (Å²) in [5.41, 5.74) is -0.220. The molecule has 0 radical (unpaired) electrons. The molecule has 0 amide bonds. The van der Waals surface area contributed by atoms with E-state index in [1.807, 2.05) is 36.4 Å². The number of carbonyl (C=O) groups is 1. The largest absolute Gasteiger partial charge is 0.508 e. The van der Waals surface area contributed by atoms with Crippen LogP contribution in [0.1, 0.15) is 10.4 Å². The second-order valence-corrected chi connectivity index (χ2v) is 3.16. The lowest BCUT2D eigenvalue weighted by molar-refractivity contribution is 0.0693. The fraction of sp³-hybridized carbons (Fsp3) is 0. The van der Waals surface area contributed by atoms with Gasteiger partial charge in [0.25, 0.3) is 0 Å². The van der Waals surface area contributed by atoms with Gasteiger partial charge in [-0.2, -0.15) is 0 Å². The first kappa shape index (κ1) is 12.6. The van der Waals surface area contributed by atoms with Crippen molar-refractivity contribution in [2.45, 2.75) is 0 Å². The van der Waals surface area contributed by atoms with E-state index in [4.69, 9.17) is 15.3 Å². The Balaban J connectivity index is 0.000000202. The highest BCUT2D eigenvalue weighted by molar-refractivity contribution is 5.90. The maximum Gasteiger partial charge on any atom is 0.339 e. The summed E-state index contributed by atoms with van der Waals surface area (Å²) in [5.74, 6) is -1.81. The Labute approximate surface area is 98.4 Å². The van der Waals surface area contributed by atoms with Crippen LogP contribution >= 0.6 is 0 Å². The summed E-state index contributed by atoms with van der Waals surface area (Å²) in [4.78, 5) is 10.3. The normalized spacial score (nSPS) is 8.94. The molecule has 88 valence electrons. The molecule has 3 N–H and O–H groups in total. The Morgan fingerprint density at radius 3 is 1.71 bits per heavy atom. The van der Waals surface area contributed by atoms with Crippen molar-refractivity contribution >= 4 is 5.97 Å². The summed E-state index contributed by atoms with van der Waals surface area (Å²) in [5, 5.41) is 26.1. The minimum Gasteiger partial charge on any atom is -0.508 e. The molecule has 2 aromatic rings. The summed E-state index contributed by atoms with van der Waals surface area (Å²) >= 11 is 0. The third-order valence-corrected chi connectivity index (χ3v) is 1.88. The van der Waals surface area contributed by atoms with E-state index < -0.39 is 11.7 Å². The van der Waals surface area contributed by atoms with Crippen molar-refractivity contribution in [3.63, 3.8) is 0 Å². The number of hydrogen-bond donors (Lipinski definition) is 3. The molecular formula is C13H12O4. The monoisotopic (exact) mass is 232 g/mol. The van der Waals surface area contributed by atoms with Crippen molar-refractivity contribution in [2.24, 2.45) is 0 Å². The molecule has 0 atom stereocenters. The molecule has 0 aliphatic rings. The SMILES string of the molecule is O=C(O)c1ccc(O)cc1O.c1ccccc1. The number of benzene rings is 2. The van der Waals surface area contributed by atoms with Crippen molar-refractivity contribution in [1.29, 1.82) is 0 Å². The van der Waals surface area contributed by atoms with Crippen LogP contribution in [-0.2, 0) is 0 Å².